The van der Waals surface area contributed by atoms with Crippen molar-refractivity contribution in [3.63, 3.8) is 0 Å². The number of fused-ring (bicyclic) bond motifs is 2. The molecule has 0 saturated carbocycles. The number of rotatable bonds is 12. The average molecular weight is 508 g/mol. The fraction of sp³-hybridized carbons (Fsp3) is 0.444. The summed E-state index contributed by atoms with van der Waals surface area (Å²) in [4.78, 5) is 19.7. The summed E-state index contributed by atoms with van der Waals surface area (Å²) in [6, 6.07) is 7.78. The smallest absolute Gasteiger partial charge is 0.230 e. The van der Waals surface area contributed by atoms with E-state index in [-0.39, 0.29) is 19.1 Å². The largest absolute Gasteiger partial charge is 0.493 e. The van der Waals surface area contributed by atoms with Crippen LogP contribution in [0.25, 0.3) is 16.5 Å². The molecule has 37 heavy (non-hydrogen) atoms. The van der Waals surface area contributed by atoms with E-state index >= 15 is 0 Å². The van der Waals surface area contributed by atoms with E-state index in [2.05, 4.69) is 34.1 Å². The lowest BCUT2D eigenvalue weighted by atomic mass is 9.77. The SMILES string of the molecule is COc1cc2c(cc1OC)[C@@H](CN(C)CCCN1C=Cc3cc(OCN=[N+]=[N-])c(OC)cc3CC1=O)C2. The van der Waals surface area contributed by atoms with Crippen LogP contribution in [-0.4, -0.2) is 70.4 Å². The Morgan fingerprint density at radius 2 is 1.76 bits per heavy atom. The summed E-state index contributed by atoms with van der Waals surface area (Å²) >= 11 is 0. The van der Waals surface area contributed by atoms with E-state index in [1.54, 1.807) is 25.2 Å². The van der Waals surface area contributed by atoms with Gasteiger partial charge in [-0.1, -0.05) is 5.11 Å². The molecule has 196 valence electrons. The lowest BCUT2D eigenvalue weighted by molar-refractivity contribution is -0.127. The van der Waals surface area contributed by atoms with Crippen LogP contribution in [0.2, 0.25) is 0 Å². The maximum atomic E-state index is 12.9. The van der Waals surface area contributed by atoms with Crippen molar-refractivity contribution in [2.45, 2.75) is 25.2 Å². The number of benzene rings is 2. The Hall–Kier alpha value is -3.88. The third kappa shape index (κ3) is 5.93. The third-order valence-electron chi connectivity index (χ3n) is 6.89. The summed E-state index contributed by atoms with van der Waals surface area (Å²) in [6.45, 7) is 2.34. The minimum absolute atomic E-state index is 0.0383. The normalized spacial score (nSPS) is 15.8. The summed E-state index contributed by atoms with van der Waals surface area (Å²) in [7, 11) is 6.98. The molecule has 0 saturated heterocycles. The van der Waals surface area contributed by atoms with Crippen molar-refractivity contribution < 1.29 is 23.7 Å². The molecule has 4 rings (SSSR count). The molecule has 1 aliphatic carbocycles. The molecule has 1 amide bonds. The molecule has 0 fully saturated rings. The zero-order chi connectivity index (χ0) is 26.4. The Morgan fingerprint density at radius 1 is 1.05 bits per heavy atom. The monoisotopic (exact) mass is 507 g/mol. The lowest BCUT2D eigenvalue weighted by Gasteiger charge is -2.34. The molecule has 1 atom stereocenters. The average Bonchev–Trinajstić information content (AvgIpc) is 3.04. The van der Waals surface area contributed by atoms with Crippen molar-refractivity contribution in [3.8, 4) is 23.0 Å². The van der Waals surface area contributed by atoms with E-state index < -0.39 is 0 Å². The molecule has 1 aliphatic heterocycles. The van der Waals surface area contributed by atoms with Gasteiger partial charge in [0.25, 0.3) is 0 Å². The molecule has 0 spiro atoms. The highest BCUT2D eigenvalue weighted by Gasteiger charge is 2.29. The van der Waals surface area contributed by atoms with Crippen LogP contribution >= 0.6 is 0 Å². The van der Waals surface area contributed by atoms with Crippen molar-refractivity contribution in [1.29, 1.82) is 0 Å². The van der Waals surface area contributed by atoms with Gasteiger partial charge in [-0.05, 0) is 84.6 Å². The number of hydrogen-bond donors (Lipinski definition) is 0. The van der Waals surface area contributed by atoms with Crippen LogP contribution in [0.3, 0.4) is 0 Å². The molecule has 0 aromatic heterocycles. The van der Waals surface area contributed by atoms with Gasteiger partial charge in [-0.15, -0.1) is 0 Å². The highest BCUT2D eigenvalue weighted by Crippen LogP contribution is 2.42. The molecule has 0 N–H and O–H groups in total. The van der Waals surface area contributed by atoms with E-state index in [4.69, 9.17) is 24.5 Å². The van der Waals surface area contributed by atoms with Gasteiger partial charge in [0.15, 0.2) is 29.7 Å². The van der Waals surface area contributed by atoms with Gasteiger partial charge in [0.05, 0.1) is 27.8 Å². The van der Waals surface area contributed by atoms with Crippen LogP contribution in [-0.2, 0) is 17.6 Å². The van der Waals surface area contributed by atoms with Crippen molar-refractivity contribution in [3.05, 3.63) is 63.2 Å². The number of methoxy groups -OCH3 is 3. The van der Waals surface area contributed by atoms with E-state index in [0.29, 0.717) is 24.0 Å². The van der Waals surface area contributed by atoms with Gasteiger partial charge in [0.2, 0.25) is 5.91 Å². The minimum atomic E-state index is -0.137. The number of carbonyl (C=O) groups excluding carboxylic acids is 1. The second-order valence-corrected chi connectivity index (χ2v) is 9.21. The van der Waals surface area contributed by atoms with E-state index in [0.717, 1.165) is 48.6 Å². The van der Waals surface area contributed by atoms with Gasteiger partial charge in [-0.2, -0.15) is 0 Å². The number of nitrogens with zero attached hydrogens (tertiary/aromatic N) is 5. The predicted octanol–water partition coefficient (Wildman–Crippen LogP) is 4.38. The topological polar surface area (TPSA) is 109 Å². The maximum absolute atomic E-state index is 12.9. The van der Waals surface area contributed by atoms with E-state index in [1.807, 2.05) is 18.3 Å². The molecule has 0 radical (unpaired) electrons. The molecule has 10 nitrogen and oxygen atoms in total. The second-order valence-electron chi connectivity index (χ2n) is 9.21. The Balaban J connectivity index is 1.31. The van der Waals surface area contributed by atoms with Gasteiger partial charge < -0.3 is 28.7 Å². The molecule has 10 heteroatoms. The first kappa shape index (κ1) is 26.2. The number of azide groups is 1. The van der Waals surface area contributed by atoms with Crippen molar-refractivity contribution >= 4 is 12.0 Å². The number of ether oxygens (including phenoxy) is 4. The lowest BCUT2D eigenvalue weighted by Crippen LogP contribution is -2.34. The van der Waals surface area contributed by atoms with Crippen LogP contribution < -0.4 is 18.9 Å². The van der Waals surface area contributed by atoms with Crippen LogP contribution in [0.1, 0.15) is 34.6 Å². The summed E-state index contributed by atoms with van der Waals surface area (Å²) in [5.74, 6) is 3.02. The van der Waals surface area contributed by atoms with Crippen LogP contribution in [0.4, 0.5) is 0 Å². The number of likely N-dealkylation sites (N-methyl/N-ethyl adjacent to an activating group) is 1. The Bertz CT molecular complexity index is 1220. The molecule has 0 bridgehead atoms. The summed E-state index contributed by atoms with van der Waals surface area (Å²) in [6.07, 6.45) is 5.91. The standard InChI is InChI=1S/C27H33N5O5/c1-31(16-21-10-20-13-23(34-2)25(36-4)15-22(20)21)7-5-8-32-9-6-18-11-26(37-17-29-30-28)24(35-3)12-19(18)14-27(32)33/h6,9,11-13,15,21H,5,7-8,10,14,16-17H2,1-4H3/t21-/m1/s1. The molecule has 2 aromatic carbocycles. The first-order valence-electron chi connectivity index (χ1n) is 12.2. The molecular formula is C27H33N5O5. The van der Waals surface area contributed by atoms with Gasteiger partial charge >= 0.3 is 0 Å². The first-order valence-corrected chi connectivity index (χ1v) is 12.2. The first-order chi connectivity index (χ1) is 18.0. The molecule has 1 heterocycles. The van der Waals surface area contributed by atoms with Gasteiger partial charge in [0.1, 0.15) is 0 Å². The molecule has 2 aliphatic rings. The Morgan fingerprint density at radius 3 is 2.49 bits per heavy atom. The Labute approximate surface area is 217 Å². The third-order valence-corrected chi connectivity index (χ3v) is 6.89. The summed E-state index contributed by atoms with van der Waals surface area (Å²) < 4.78 is 21.8. The summed E-state index contributed by atoms with van der Waals surface area (Å²) in [5.41, 5.74) is 12.9. The molecule has 0 unspecified atom stereocenters. The minimum Gasteiger partial charge on any atom is -0.493 e. The van der Waals surface area contributed by atoms with Gasteiger partial charge in [-0.3, -0.25) is 4.79 Å². The van der Waals surface area contributed by atoms with Crippen molar-refractivity contribution in [2.24, 2.45) is 5.11 Å². The second kappa shape index (κ2) is 11.9. The van der Waals surface area contributed by atoms with Gasteiger partial charge in [-0.25, -0.2) is 0 Å². The Kier molecular flexibility index (Phi) is 8.43. The van der Waals surface area contributed by atoms with Crippen LogP contribution in [0, 0.1) is 0 Å². The number of hydrogen-bond acceptors (Lipinski definition) is 7. The van der Waals surface area contributed by atoms with Gasteiger partial charge in [0, 0.05) is 30.1 Å². The number of amides is 1. The fourth-order valence-corrected chi connectivity index (χ4v) is 4.92. The molecule has 2 aromatic rings. The highest BCUT2D eigenvalue weighted by atomic mass is 16.5. The predicted molar refractivity (Wildman–Crippen MR) is 140 cm³/mol. The van der Waals surface area contributed by atoms with Crippen molar-refractivity contribution in [1.82, 2.24) is 9.80 Å². The quantitative estimate of drug-likeness (QED) is 0.240. The maximum Gasteiger partial charge on any atom is 0.230 e. The van der Waals surface area contributed by atoms with E-state index in [9.17, 15) is 4.79 Å². The van der Waals surface area contributed by atoms with Crippen LogP contribution in [0.15, 0.2) is 35.6 Å². The zero-order valence-corrected chi connectivity index (χ0v) is 21.8. The van der Waals surface area contributed by atoms with Crippen molar-refractivity contribution in [2.75, 3.05) is 54.7 Å². The molecular weight excluding hydrogens is 474 g/mol. The van der Waals surface area contributed by atoms with E-state index in [1.165, 1.54) is 18.2 Å². The summed E-state index contributed by atoms with van der Waals surface area (Å²) in [5, 5.41) is 3.41. The highest BCUT2D eigenvalue weighted by molar-refractivity contribution is 5.84. The zero-order valence-electron chi connectivity index (χ0n) is 21.8. The van der Waals surface area contributed by atoms with Crippen LogP contribution in [0.5, 0.6) is 23.0 Å². The fourth-order valence-electron chi connectivity index (χ4n) is 4.92. The number of carbonyl (C=O) groups is 1.